The summed E-state index contributed by atoms with van der Waals surface area (Å²) in [5.41, 5.74) is -0.502. The predicted molar refractivity (Wildman–Crippen MR) is 83.8 cm³/mol. The van der Waals surface area contributed by atoms with Gasteiger partial charge in [0, 0.05) is 13.1 Å². The van der Waals surface area contributed by atoms with Gasteiger partial charge in [-0.3, -0.25) is 24.6 Å². The Bertz CT molecular complexity index is 701. The fourth-order valence-corrected chi connectivity index (χ4v) is 3.95. The predicted octanol–water partition coefficient (Wildman–Crippen LogP) is 0.589. The second-order valence-corrected chi connectivity index (χ2v) is 6.27. The highest BCUT2D eigenvalue weighted by Gasteiger charge is 2.67. The quantitative estimate of drug-likeness (QED) is 0.621. The smallest absolute Gasteiger partial charge is 0.326 e. The van der Waals surface area contributed by atoms with Crippen LogP contribution in [0, 0.1) is 11.8 Å². The fourth-order valence-electron chi connectivity index (χ4n) is 3.95. The molecule has 2 fully saturated rings. The molecular formula is C17H20N2O5. The number of hydrogen-bond acceptors (Lipinski definition) is 6. The fraction of sp³-hybridized carbons (Fsp3) is 0.471. The first-order valence-electron chi connectivity index (χ1n) is 7.83. The number of phenols is 1. The molecule has 0 unspecified atom stereocenters. The number of carbonyl (C=O) groups excluding carboxylic acids is 3. The lowest BCUT2D eigenvalue weighted by atomic mass is 9.78. The molecule has 2 heterocycles. The van der Waals surface area contributed by atoms with Crippen LogP contribution in [0.1, 0.15) is 24.9 Å². The van der Waals surface area contributed by atoms with Crippen LogP contribution in [0.15, 0.2) is 24.3 Å². The molecule has 2 aliphatic rings. The third kappa shape index (κ3) is 2.04. The van der Waals surface area contributed by atoms with E-state index in [0.29, 0.717) is 6.42 Å². The maximum Gasteiger partial charge on any atom is 0.326 e. The number of ether oxygens (including phenoxy) is 1. The zero-order chi connectivity index (χ0) is 17.6. The summed E-state index contributed by atoms with van der Waals surface area (Å²) < 4.78 is 4.94. The van der Waals surface area contributed by atoms with Crippen LogP contribution in [0.5, 0.6) is 5.75 Å². The summed E-state index contributed by atoms with van der Waals surface area (Å²) in [4.78, 5) is 38.9. The van der Waals surface area contributed by atoms with Gasteiger partial charge in [0.15, 0.2) is 0 Å². The van der Waals surface area contributed by atoms with Crippen molar-refractivity contribution in [2.45, 2.75) is 24.9 Å². The largest absolute Gasteiger partial charge is 0.508 e. The van der Waals surface area contributed by atoms with Crippen molar-refractivity contribution >= 4 is 17.8 Å². The summed E-state index contributed by atoms with van der Waals surface area (Å²) in [6.07, 6.45) is 0.322. The molecule has 2 amide bonds. The Balaban J connectivity index is 2.12. The van der Waals surface area contributed by atoms with Crippen molar-refractivity contribution in [3.63, 3.8) is 0 Å². The molecule has 0 saturated carbocycles. The maximum absolute atomic E-state index is 12.6. The standard InChI is InChI=1S/C17H20N2O5/c1-4-17(16(23)24-3)12-11(14(21)19(2)15(12)22)13(18-17)9-5-7-10(20)8-6-9/h5-8,11-13,18,20H,4H2,1-3H3/t11-,12+,13-,17+/m0/s1. The number of aromatic hydroxyl groups is 1. The van der Waals surface area contributed by atoms with E-state index in [-0.39, 0.29) is 17.6 Å². The van der Waals surface area contributed by atoms with Gasteiger partial charge in [-0.2, -0.15) is 0 Å². The monoisotopic (exact) mass is 332 g/mol. The van der Waals surface area contributed by atoms with E-state index in [9.17, 15) is 19.5 Å². The molecule has 24 heavy (non-hydrogen) atoms. The summed E-state index contributed by atoms with van der Waals surface area (Å²) >= 11 is 0. The molecule has 7 heteroatoms. The Morgan fingerprint density at radius 2 is 1.92 bits per heavy atom. The van der Waals surface area contributed by atoms with Gasteiger partial charge in [-0.05, 0) is 24.1 Å². The summed E-state index contributed by atoms with van der Waals surface area (Å²) in [5.74, 6) is -2.59. The topological polar surface area (TPSA) is 95.9 Å². The number of likely N-dealkylation sites (tertiary alicyclic amines) is 1. The number of hydrogen-bond donors (Lipinski definition) is 2. The van der Waals surface area contributed by atoms with E-state index < -0.39 is 29.4 Å². The molecule has 0 aromatic heterocycles. The molecule has 128 valence electrons. The van der Waals surface area contributed by atoms with Gasteiger partial charge in [0.25, 0.3) is 0 Å². The van der Waals surface area contributed by atoms with Crippen LogP contribution in [0.4, 0.5) is 0 Å². The minimum Gasteiger partial charge on any atom is -0.508 e. The molecule has 1 aromatic carbocycles. The highest BCUT2D eigenvalue weighted by Crippen LogP contribution is 2.50. The summed E-state index contributed by atoms with van der Waals surface area (Å²) in [7, 11) is 2.71. The second-order valence-electron chi connectivity index (χ2n) is 6.27. The van der Waals surface area contributed by atoms with Crippen molar-refractivity contribution in [3.8, 4) is 5.75 Å². The van der Waals surface area contributed by atoms with Crippen LogP contribution in [0.25, 0.3) is 0 Å². The van der Waals surface area contributed by atoms with Crippen LogP contribution in [-0.2, 0) is 19.1 Å². The lowest BCUT2D eigenvalue weighted by Crippen LogP contribution is -2.55. The SMILES string of the molecule is CC[C@@]1(C(=O)OC)N[C@@H](c2ccc(O)cc2)[C@H]2C(=O)N(C)C(=O)[C@@H]21. The van der Waals surface area contributed by atoms with Gasteiger partial charge in [-0.1, -0.05) is 19.1 Å². The number of benzene rings is 1. The van der Waals surface area contributed by atoms with E-state index in [4.69, 9.17) is 4.74 Å². The average molecular weight is 332 g/mol. The van der Waals surface area contributed by atoms with E-state index in [1.54, 1.807) is 19.1 Å². The lowest BCUT2D eigenvalue weighted by Gasteiger charge is -2.30. The van der Waals surface area contributed by atoms with Crippen LogP contribution < -0.4 is 5.32 Å². The Morgan fingerprint density at radius 3 is 2.46 bits per heavy atom. The Kier molecular flexibility index (Phi) is 3.83. The van der Waals surface area contributed by atoms with Crippen LogP contribution >= 0.6 is 0 Å². The van der Waals surface area contributed by atoms with Gasteiger partial charge in [0.2, 0.25) is 11.8 Å². The molecule has 2 aliphatic heterocycles. The number of nitrogens with one attached hydrogen (secondary N) is 1. The van der Waals surface area contributed by atoms with Gasteiger partial charge in [0.1, 0.15) is 11.3 Å². The Labute approximate surface area is 139 Å². The summed E-state index contributed by atoms with van der Waals surface area (Å²) in [6, 6.07) is 5.89. The number of methoxy groups -OCH3 is 1. The van der Waals surface area contributed by atoms with Crippen molar-refractivity contribution in [2.75, 3.05) is 14.2 Å². The Hall–Kier alpha value is -2.41. The normalized spacial score (nSPS) is 32.1. The van der Waals surface area contributed by atoms with Gasteiger partial charge >= 0.3 is 5.97 Å². The van der Waals surface area contributed by atoms with Crippen molar-refractivity contribution in [2.24, 2.45) is 11.8 Å². The second kappa shape index (κ2) is 5.59. The summed E-state index contributed by atoms with van der Waals surface area (Å²) in [5, 5.41) is 12.7. The van der Waals surface area contributed by atoms with Gasteiger partial charge < -0.3 is 9.84 Å². The van der Waals surface area contributed by atoms with Crippen molar-refractivity contribution in [1.82, 2.24) is 10.2 Å². The number of carbonyl (C=O) groups is 3. The third-order valence-electron chi connectivity index (χ3n) is 5.23. The number of fused-ring (bicyclic) bond motifs is 1. The summed E-state index contributed by atoms with van der Waals surface area (Å²) in [6.45, 7) is 1.79. The van der Waals surface area contributed by atoms with Gasteiger partial charge in [-0.25, -0.2) is 0 Å². The van der Waals surface area contributed by atoms with Crippen LogP contribution in [0.3, 0.4) is 0 Å². The number of imide groups is 1. The van der Waals surface area contributed by atoms with Crippen molar-refractivity contribution in [3.05, 3.63) is 29.8 Å². The molecular weight excluding hydrogens is 312 g/mol. The molecule has 7 nitrogen and oxygen atoms in total. The Morgan fingerprint density at radius 1 is 1.29 bits per heavy atom. The zero-order valence-corrected chi connectivity index (χ0v) is 13.8. The molecule has 2 saturated heterocycles. The molecule has 0 aliphatic carbocycles. The number of rotatable bonds is 3. The van der Waals surface area contributed by atoms with Crippen LogP contribution in [0.2, 0.25) is 0 Å². The first kappa shape index (κ1) is 16.4. The third-order valence-corrected chi connectivity index (χ3v) is 5.23. The van der Waals surface area contributed by atoms with Gasteiger partial charge in [-0.15, -0.1) is 0 Å². The lowest BCUT2D eigenvalue weighted by molar-refractivity contribution is -0.154. The molecule has 1 aromatic rings. The van der Waals surface area contributed by atoms with E-state index in [1.165, 1.54) is 26.3 Å². The molecule has 0 spiro atoms. The van der Waals surface area contributed by atoms with Gasteiger partial charge in [0.05, 0.1) is 18.9 Å². The van der Waals surface area contributed by atoms with Crippen molar-refractivity contribution < 1.29 is 24.2 Å². The molecule has 0 bridgehead atoms. The molecule has 2 N–H and O–H groups in total. The first-order valence-corrected chi connectivity index (χ1v) is 7.83. The highest BCUT2D eigenvalue weighted by atomic mass is 16.5. The van der Waals surface area contributed by atoms with E-state index in [1.807, 2.05) is 0 Å². The van der Waals surface area contributed by atoms with Crippen molar-refractivity contribution in [1.29, 1.82) is 0 Å². The molecule has 4 atom stereocenters. The zero-order valence-electron chi connectivity index (χ0n) is 13.8. The number of amides is 2. The van der Waals surface area contributed by atoms with E-state index in [0.717, 1.165) is 10.5 Å². The first-order chi connectivity index (χ1) is 11.4. The molecule has 3 rings (SSSR count). The maximum atomic E-state index is 12.6. The average Bonchev–Trinajstić information content (AvgIpc) is 3.05. The number of esters is 1. The van der Waals surface area contributed by atoms with E-state index >= 15 is 0 Å². The number of nitrogens with zero attached hydrogens (tertiary/aromatic N) is 1. The number of phenolic OH excluding ortho intramolecular Hbond substituents is 1. The van der Waals surface area contributed by atoms with Crippen LogP contribution in [-0.4, -0.2) is 47.5 Å². The minimum atomic E-state index is -1.24. The molecule has 0 radical (unpaired) electrons. The highest BCUT2D eigenvalue weighted by molar-refractivity contribution is 6.09. The van der Waals surface area contributed by atoms with E-state index in [2.05, 4.69) is 5.32 Å². The minimum absolute atomic E-state index is 0.106.